The number of benzene rings is 1. The molecule has 7 heteroatoms. The highest BCUT2D eigenvalue weighted by molar-refractivity contribution is 6.04. The molecule has 0 spiro atoms. The number of carboxylic acid groups (broad SMARTS) is 1. The van der Waals surface area contributed by atoms with Gasteiger partial charge in [0.05, 0.1) is 5.56 Å². The molecule has 0 saturated heterocycles. The third kappa shape index (κ3) is 1.91. The summed E-state index contributed by atoms with van der Waals surface area (Å²) in [5.74, 6) is -0.600. The fourth-order valence-corrected chi connectivity index (χ4v) is 1.06. The number of amides is 1. The zero-order valence-electron chi connectivity index (χ0n) is 7.25. The lowest BCUT2D eigenvalue weighted by Gasteiger charge is -2.06. The molecule has 1 aromatic carbocycles. The molecule has 1 amide bonds. The first-order valence-corrected chi connectivity index (χ1v) is 3.71. The number of hydrogen-bond acceptors (Lipinski definition) is 3. The number of carbonyl (C=O) groups is 2. The quantitative estimate of drug-likeness (QED) is 0.375. The maximum atomic E-state index is 13.1. The molecule has 0 aromatic heterocycles. The summed E-state index contributed by atoms with van der Waals surface area (Å²) in [7, 11) is 0. The summed E-state index contributed by atoms with van der Waals surface area (Å²) in [6.45, 7) is 0. The Kier molecular flexibility index (Phi) is 2.96. The number of halogens is 2. The van der Waals surface area contributed by atoms with Crippen molar-refractivity contribution in [1.82, 2.24) is 5.43 Å². The van der Waals surface area contributed by atoms with Gasteiger partial charge in [-0.3, -0.25) is 10.2 Å². The van der Waals surface area contributed by atoms with Gasteiger partial charge in [0.1, 0.15) is 17.2 Å². The third-order valence-electron chi connectivity index (χ3n) is 1.68. The van der Waals surface area contributed by atoms with Crippen molar-refractivity contribution in [3.63, 3.8) is 0 Å². The first-order valence-electron chi connectivity index (χ1n) is 3.71. The second-order valence-corrected chi connectivity index (χ2v) is 2.56. The van der Waals surface area contributed by atoms with E-state index < -0.39 is 34.6 Å². The fourth-order valence-electron chi connectivity index (χ4n) is 1.06. The number of hydrogen-bond donors (Lipinski definition) is 3. The number of carboxylic acids is 1. The monoisotopic (exact) mass is 216 g/mol. The van der Waals surface area contributed by atoms with Crippen molar-refractivity contribution < 1.29 is 23.5 Å². The van der Waals surface area contributed by atoms with E-state index in [0.717, 1.165) is 0 Å². The molecule has 80 valence electrons. The zero-order chi connectivity index (χ0) is 11.6. The average molecular weight is 216 g/mol. The van der Waals surface area contributed by atoms with E-state index in [2.05, 4.69) is 0 Å². The largest absolute Gasteiger partial charge is 0.478 e. The van der Waals surface area contributed by atoms with Crippen molar-refractivity contribution in [3.8, 4) is 0 Å². The number of aromatic carboxylic acids is 1. The molecule has 4 N–H and O–H groups in total. The molecule has 0 fully saturated rings. The highest BCUT2D eigenvalue weighted by Gasteiger charge is 2.24. The highest BCUT2D eigenvalue weighted by Crippen LogP contribution is 2.17. The molecule has 0 saturated carbocycles. The molecule has 1 rings (SSSR count). The van der Waals surface area contributed by atoms with E-state index in [0.29, 0.717) is 12.1 Å². The van der Waals surface area contributed by atoms with E-state index in [9.17, 15) is 18.4 Å². The van der Waals surface area contributed by atoms with Crippen molar-refractivity contribution >= 4 is 11.9 Å². The Morgan fingerprint density at radius 2 is 1.67 bits per heavy atom. The fraction of sp³-hybridized carbons (Fsp3) is 0. The summed E-state index contributed by atoms with van der Waals surface area (Å²) < 4.78 is 26.1. The number of nitrogens with two attached hydrogens (primary N) is 1. The number of nitrogen functional groups attached to an aromatic ring is 1. The molecule has 0 bridgehead atoms. The van der Waals surface area contributed by atoms with Crippen LogP contribution in [-0.4, -0.2) is 17.0 Å². The molecule has 0 aliphatic rings. The van der Waals surface area contributed by atoms with Crippen LogP contribution in [0.1, 0.15) is 20.7 Å². The Morgan fingerprint density at radius 3 is 2.07 bits per heavy atom. The van der Waals surface area contributed by atoms with Crippen molar-refractivity contribution in [2.45, 2.75) is 0 Å². The van der Waals surface area contributed by atoms with Gasteiger partial charge in [-0.05, 0) is 12.1 Å². The van der Waals surface area contributed by atoms with Crippen LogP contribution in [0, 0.1) is 11.6 Å². The van der Waals surface area contributed by atoms with Gasteiger partial charge in [0.15, 0.2) is 0 Å². The lowest BCUT2D eigenvalue weighted by molar-refractivity contribution is 0.0684. The Labute approximate surface area is 82.5 Å². The first-order chi connectivity index (χ1) is 6.99. The van der Waals surface area contributed by atoms with Gasteiger partial charge in [0.25, 0.3) is 5.91 Å². The van der Waals surface area contributed by atoms with E-state index >= 15 is 0 Å². The molecule has 0 unspecified atom stereocenters. The second kappa shape index (κ2) is 4.01. The molecule has 0 aliphatic heterocycles. The Hall–Kier alpha value is -2.02. The van der Waals surface area contributed by atoms with Crippen LogP contribution in [0.2, 0.25) is 0 Å². The summed E-state index contributed by atoms with van der Waals surface area (Å²) in [5, 5.41) is 8.59. The van der Waals surface area contributed by atoms with E-state index in [4.69, 9.17) is 10.9 Å². The molecular weight excluding hydrogens is 210 g/mol. The Bertz CT molecular complexity index is 434. The third-order valence-corrected chi connectivity index (χ3v) is 1.68. The van der Waals surface area contributed by atoms with Crippen LogP contribution in [0.25, 0.3) is 0 Å². The normalized spacial score (nSPS) is 9.80. The number of carbonyl (C=O) groups excluding carboxylic acids is 1. The van der Waals surface area contributed by atoms with Crippen LogP contribution in [-0.2, 0) is 0 Å². The summed E-state index contributed by atoms with van der Waals surface area (Å²) in [6.07, 6.45) is 0. The van der Waals surface area contributed by atoms with Crippen LogP contribution in [0.3, 0.4) is 0 Å². The van der Waals surface area contributed by atoms with Gasteiger partial charge in [0, 0.05) is 0 Å². The van der Waals surface area contributed by atoms with E-state index in [1.807, 2.05) is 0 Å². The predicted octanol–water partition coefficient (Wildman–Crippen LogP) is 0.266. The number of rotatable bonds is 2. The maximum absolute atomic E-state index is 13.1. The maximum Gasteiger partial charge on any atom is 0.339 e. The van der Waals surface area contributed by atoms with Gasteiger partial charge in [-0.1, -0.05) is 0 Å². The zero-order valence-corrected chi connectivity index (χ0v) is 7.25. The van der Waals surface area contributed by atoms with Crippen molar-refractivity contribution in [1.29, 1.82) is 0 Å². The highest BCUT2D eigenvalue weighted by atomic mass is 19.1. The van der Waals surface area contributed by atoms with Gasteiger partial charge in [-0.2, -0.15) is 0 Å². The van der Waals surface area contributed by atoms with Gasteiger partial charge in [-0.25, -0.2) is 19.4 Å². The molecule has 0 aliphatic carbocycles. The lowest BCUT2D eigenvalue weighted by atomic mass is 10.1. The Balaban J connectivity index is 3.52. The average Bonchev–Trinajstić information content (AvgIpc) is 2.19. The van der Waals surface area contributed by atoms with Crippen LogP contribution in [0.15, 0.2) is 12.1 Å². The van der Waals surface area contributed by atoms with Gasteiger partial charge in [0.2, 0.25) is 0 Å². The minimum Gasteiger partial charge on any atom is -0.478 e. The topological polar surface area (TPSA) is 92.4 Å². The number of hydrazine groups is 1. The Morgan fingerprint density at radius 1 is 1.20 bits per heavy atom. The molecule has 1 aromatic rings. The van der Waals surface area contributed by atoms with Crippen molar-refractivity contribution in [3.05, 3.63) is 34.9 Å². The minimum absolute atomic E-state index is 0.617. The predicted molar refractivity (Wildman–Crippen MR) is 45.0 cm³/mol. The SMILES string of the molecule is NNC(=O)c1c(F)ccc(F)c1C(=O)O. The van der Waals surface area contributed by atoms with Crippen LogP contribution in [0.5, 0.6) is 0 Å². The van der Waals surface area contributed by atoms with E-state index in [1.165, 1.54) is 5.43 Å². The molecule has 0 heterocycles. The smallest absolute Gasteiger partial charge is 0.339 e. The summed E-state index contributed by atoms with van der Waals surface area (Å²) in [6, 6.07) is 1.26. The molecule has 15 heavy (non-hydrogen) atoms. The second-order valence-electron chi connectivity index (χ2n) is 2.56. The molecule has 0 radical (unpaired) electrons. The minimum atomic E-state index is -1.74. The van der Waals surface area contributed by atoms with Crippen LogP contribution in [0.4, 0.5) is 8.78 Å². The van der Waals surface area contributed by atoms with Crippen LogP contribution >= 0.6 is 0 Å². The molecule has 0 atom stereocenters. The standard InChI is InChI=1S/C8H6F2N2O3/c9-3-1-2-4(10)6(8(14)15)5(3)7(13)12-11/h1-2H,11H2,(H,12,13)(H,14,15). The lowest BCUT2D eigenvalue weighted by Crippen LogP contribution is -2.32. The summed E-state index contributed by atoms with van der Waals surface area (Å²) >= 11 is 0. The van der Waals surface area contributed by atoms with E-state index in [-0.39, 0.29) is 0 Å². The summed E-state index contributed by atoms with van der Waals surface area (Å²) in [5.41, 5.74) is -0.434. The van der Waals surface area contributed by atoms with Crippen LogP contribution < -0.4 is 11.3 Å². The van der Waals surface area contributed by atoms with Gasteiger partial charge in [-0.15, -0.1) is 0 Å². The van der Waals surface area contributed by atoms with Gasteiger partial charge < -0.3 is 5.11 Å². The summed E-state index contributed by atoms with van der Waals surface area (Å²) in [4.78, 5) is 21.6. The van der Waals surface area contributed by atoms with Crippen molar-refractivity contribution in [2.75, 3.05) is 0 Å². The molecule has 5 nitrogen and oxygen atoms in total. The van der Waals surface area contributed by atoms with Crippen molar-refractivity contribution in [2.24, 2.45) is 5.84 Å². The number of nitrogens with one attached hydrogen (secondary N) is 1. The molecular formula is C8H6F2N2O3. The first kappa shape index (κ1) is 11.1. The van der Waals surface area contributed by atoms with Gasteiger partial charge >= 0.3 is 5.97 Å². The van der Waals surface area contributed by atoms with E-state index in [1.54, 1.807) is 0 Å².